The second-order valence-electron chi connectivity index (χ2n) is 26.2. The van der Waals surface area contributed by atoms with Gasteiger partial charge >= 0.3 is 0 Å². The Balaban J connectivity index is 0.000000134. The van der Waals surface area contributed by atoms with E-state index in [0.29, 0.717) is 0 Å². The normalized spacial score (nSPS) is 10.3. The van der Waals surface area contributed by atoms with E-state index in [1.165, 1.54) is 165 Å². The summed E-state index contributed by atoms with van der Waals surface area (Å²) in [7, 11) is 0. The van der Waals surface area contributed by atoms with Crippen LogP contribution in [0.25, 0.3) is 86.9 Å². The molecule has 0 unspecified atom stereocenters. The van der Waals surface area contributed by atoms with Crippen LogP contribution < -0.4 is 0 Å². The molecule has 0 atom stereocenters. The Labute approximate surface area is 585 Å². The van der Waals surface area contributed by atoms with Crippen molar-refractivity contribution in [3.05, 3.63) is 405 Å². The molecule has 16 aromatic rings. The van der Waals surface area contributed by atoms with E-state index in [-0.39, 0.29) is 0 Å². The maximum Gasteiger partial charge on any atom is -0.0148 e. The second kappa shape index (κ2) is 35.2. The molecule has 0 bridgehead atoms. The fraction of sp³-hybridized carbons (Fsp3) is 0.143. The Morgan fingerprint density at radius 2 is 0.439 bits per heavy atom. The molecule has 16 rings (SSSR count). The smallest absolute Gasteiger partial charge is 0.0148 e. The molecule has 0 N–H and O–H groups in total. The average molecular weight is 1270 g/mol. The Bertz CT molecular complexity index is 4980. The first-order chi connectivity index (χ1) is 47.3. The minimum absolute atomic E-state index is 1.27. The topological polar surface area (TPSA) is 0 Å². The van der Waals surface area contributed by atoms with Crippen molar-refractivity contribution in [1.29, 1.82) is 0 Å². The van der Waals surface area contributed by atoms with Crippen molar-refractivity contribution < 1.29 is 0 Å². The van der Waals surface area contributed by atoms with E-state index in [1.54, 1.807) is 0 Å². The van der Waals surface area contributed by atoms with E-state index in [1.807, 2.05) is 0 Å². The number of benzene rings is 16. The molecule has 0 heterocycles. The van der Waals surface area contributed by atoms with Crippen molar-refractivity contribution in [2.24, 2.45) is 0 Å². The molecule has 0 amide bonds. The van der Waals surface area contributed by atoms with Crippen LogP contribution in [0.2, 0.25) is 0 Å². The molecule has 0 nitrogen and oxygen atoms in total. The van der Waals surface area contributed by atoms with Gasteiger partial charge in [0, 0.05) is 0 Å². The van der Waals surface area contributed by atoms with Crippen LogP contribution >= 0.6 is 0 Å². The molecular weight excluding hydrogens is 1180 g/mol. The summed E-state index contributed by atoms with van der Waals surface area (Å²) in [6.45, 7) is 29.9. The van der Waals surface area contributed by atoms with Crippen LogP contribution in [0.4, 0.5) is 0 Å². The molecule has 0 saturated carbocycles. The predicted molar refractivity (Wildman–Crippen MR) is 434 cm³/mol. The molecule has 0 spiro atoms. The standard InChI is InChI=1S/C19H16.3C15H12.2C9H12.2C8H10/c1-15-12-18(16-8-4-2-5-9-16)14-19(13-15)17-10-6-3-7-11-17;1-11-14-8-4-2-6-12(14)10-13-7-3-5-9-15(11)13;1-11-5-4-8-14-9-12-6-2-3-7-13(12)10-15(11)14;1-11-6-7-14-9-12-4-2-3-5-13(12)10-15(14)8-11;1-7-4-8(2)6-9(3)5-7;1-7-5-4-6-8(2)9(7)3;1-7-4-3-5-8(2)6-7;1-7-5-3-4-6-8(7)2/h2-14H,1H3;3*2-10H,1H3;2*4-6H,1-3H3;2*3-6H,1-2H3. The molecule has 0 fully saturated rings. The van der Waals surface area contributed by atoms with E-state index in [4.69, 9.17) is 0 Å². The average Bonchev–Trinajstić information content (AvgIpc) is 0.800. The summed E-state index contributed by atoms with van der Waals surface area (Å²) < 4.78 is 0. The highest BCUT2D eigenvalue weighted by Crippen LogP contribution is 2.31. The third kappa shape index (κ3) is 20.6. The molecule has 0 aliphatic rings. The van der Waals surface area contributed by atoms with Gasteiger partial charge in [-0.15, -0.1) is 0 Å². The van der Waals surface area contributed by atoms with Crippen LogP contribution in [0.5, 0.6) is 0 Å². The molecule has 98 heavy (non-hydrogen) atoms. The summed E-state index contributed by atoms with van der Waals surface area (Å²) in [6, 6.07) is 116. The van der Waals surface area contributed by atoms with Gasteiger partial charge in [-0.3, -0.25) is 0 Å². The van der Waals surface area contributed by atoms with Crippen molar-refractivity contribution in [3.63, 3.8) is 0 Å². The van der Waals surface area contributed by atoms with Gasteiger partial charge in [0.1, 0.15) is 0 Å². The zero-order chi connectivity index (χ0) is 69.5. The quantitative estimate of drug-likeness (QED) is 0.151. The molecule has 0 aliphatic carbocycles. The van der Waals surface area contributed by atoms with Crippen molar-refractivity contribution in [2.45, 2.75) is 96.9 Å². The highest BCUT2D eigenvalue weighted by Gasteiger charge is 2.06. The summed E-state index contributed by atoms with van der Waals surface area (Å²) in [5.74, 6) is 0. The number of rotatable bonds is 2. The third-order valence-corrected chi connectivity index (χ3v) is 18.0. The summed E-state index contributed by atoms with van der Waals surface area (Å²) in [5.41, 5.74) is 24.1. The SMILES string of the molecule is Cc1c2ccccc2cc2ccccc12.Cc1cc(-c2ccccc2)cc(-c2ccccc2)c1.Cc1cc(C)cc(C)c1.Cc1ccc2cc3ccccc3cc2c1.Cc1cccc(C)c1.Cc1cccc(C)c1C.Cc1cccc2cc3ccccc3cc12.Cc1ccccc1C. The summed E-state index contributed by atoms with van der Waals surface area (Å²) in [4.78, 5) is 0. The number of hydrogen-bond acceptors (Lipinski definition) is 0. The first-order valence-electron chi connectivity index (χ1n) is 34.4. The monoisotopic (exact) mass is 1270 g/mol. The highest BCUT2D eigenvalue weighted by molar-refractivity contribution is 6.02. The Morgan fingerprint density at radius 1 is 0.133 bits per heavy atom. The van der Waals surface area contributed by atoms with Crippen LogP contribution in [0.3, 0.4) is 0 Å². The maximum absolute atomic E-state index is 2.28. The molecular formula is C98H96. The van der Waals surface area contributed by atoms with Crippen LogP contribution in [0.15, 0.2) is 328 Å². The van der Waals surface area contributed by atoms with Gasteiger partial charge in [-0.05, 0) is 265 Å². The van der Waals surface area contributed by atoms with Gasteiger partial charge in [-0.2, -0.15) is 0 Å². The van der Waals surface area contributed by atoms with Crippen LogP contribution in [-0.2, 0) is 0 Å². The van der Waals surface area contributed by atoms with Crippen LogP contribution in [0.1, 0.15) is 77.9 Å². The highest BCUT2D eigenvalue weighted by atomic mass is 14.1. The number of hydrogen-bond donors (Lipinski definition) is 0. The van der Waals surface area contributed by atoms with Crippen LogP contribution in [-0.4, -0.2) is 0 Å². The lowest BCUT2D eigenvalue weighted by Crippen LogP contribution is -1.84. The van der Waals surface area contributed by atoms with Gasteiger partial charge in [0.25, 0.3) is 0 Å². The Morgan fingerprint density at radius 3 is 0.888 bits per heavy atom. The van der Waals surface area contributed by atoms with E-state index in [0.717, 1.165) is 0 Å². The zero-order valence-electron chi connectivity index (χ0n) is 60.2. The number of aryl methyl sites for hydroxylation is 13. The zero-order valence-corrected chi connectivity index (χ0v) is 60.2. The molecule has 0 heteroatoms. The summed E-state index contributed by atoms with van der Waals surface area (Å²) in [5, 5.41) is 16.0. The predicted octanol–water partition coefficient (Wildman–Crippen LogP) is 28.1. The number of fused-ring (bicyclic) bond motifs is 6. The minimum atomic E-state index is 1.27. The Kier molecular flexibility index (Phi) is 25.6. The maximum atomic E-state index is 2.28. The van der Waals surface area contributed by atoms with E-state index >= 15 is 0 Å². The molecule has 0 aromatic heterocycles. The van der Waals surface area contributed by atoms with Gasteiger partial charge in [-0.1, -0.05) is 325 Å². The molecule has 488 valence electrons. The minimum Gasteiger partial charge on any atom is -0.0622 e. The second-order valence-corrected chi connectivity index (χ2v) is 26.2. The van der Waals surface area contributed by atoms with Gasteiger partial charge < -0.3 is 0 Å². The van der Waals surface area contributed by atoms with Crippen molar-refractivity contribution in [2.75, 3.05) is 0 Å². The Hall–Kier alpha value is -10.9. The fourth-order valence-corrected chi connectivity index (χ4v) is 12.4. The van der Waals surface area contributed by atoms with E-state index < -0.39 is 0 Å². The molecule has 0 saturated heterocycles. The van der Waals surface area contributed by atoms with Gasteiger partial charge in [0.2, 0.25) is 0 Å². The first kappa shape index (κ1) is 71.4. The third-order valence-electron chi connectivity index (χ3n) is 18.0. The lowest BCUT2D eigenvalue weighted by atomic mass is 9.97. The van der Waals surface area contributed by atoms with Crippen LogP contribution in [0, 0.1) is 96.9 Å². The molecule has 16 aromatic carbocycles. The summed E-state index contributed by atoms with van der Waals surface area (Å²) >= 11 is 0. The van der Waals surface area contributed by atoms with Crippen molar-refractivity contribution in [1.82, 2.24) is 0 Å². The molecule has 0 aliphatic heterocycles. The lowest BCUT2D eigenvalue weighted by molar-refractivity contribution is 1.27. The fourth-order valence-electron chi connectivity index (χ4n) is 12.4. The van der Waals surface area contributed by atoms with Crippen molar-refractivity contribution in [3.8, 4) is 22.3 Å². The lowest BCUT2D eigenvalue weighted by Gasteiger charge is -2.08. The van der Waals surface area contributed by atoms with Gasteiger partial charge in [0.15, 0.2) is 0 Å². The largest absolute Gasteiger partial charge is 0.0622 e. The summed E-state index contributed by atoms with van der Waals surface area (Å²) in [6.07, 6.45) is 0. The van der Waals surface area contributed by atoms with E-state index in [2.05, 4.69) is 425 Å². The van der Waals surface area contributed by atoms with Gasteiger partial charge in [-0.25, -0.2) is 0 Å². The van der Waals surface area contributed by atoms with E-state index in [9.17, 15) is 0 Å². The van der Waals surface area contributed by atoms with Gasteiger partial charge in [0.05, 0.1) is 0 Å². The van der Waals surface area contributed by atoms with Crippen molar-refractivity contribution >= 4 is 64.6 Å². The first-order valence-corrected chi connectivity index (χ1v) is 34.4. The molecule has 0 radical (unpaired) electrons.